The van der Waals surface area contributed by atoms with E-state index in [0.29, 0.717) is 26.2 Å². The minimum absolute atomic E-state index is 0.138. The van der Waals surface area contributed by atoms with Crippen LogP contribution < -0.4 is 15.0 Å². The number of sulfonamides is 1. The van der Waals surface area contributed by atoms with Crippen LogP contribution in [-0.2, 0) is 14.8 Å². The summed E-state index contributed by atoms with van der Waals surface area (Å²) in [6.07, 6.45) is 1.29. The minimum atomic E-state index is -3.60. The molecule has 2 aromatic rings. The molecule has 1 saturated heterocycles. The number of rotatable bonds is 5. The zero-order valence-electron chi connectivity index (χ0n) is 14.5. The number of nitrogens with zero attached hydrogens (tertiary/aromatic N) is 3. The Labute approximate surface area is 156 Å². The van der Waals surface area contributed by atoms with Gasteiger partial charge >= 0.3 is 0 Å². The van der Waals surface area contributed by atoms with Crippen molar-refractivity contribution in [3.05, 3.63) is 30.5 Å². The number of anilines is 2. The normalized spacial score (nSPS) is 15.7. The highest BCUT2D eigenvalue weighted by molar-refractivity contribution is 7.91. The number of aromatic nitrogens is 1. The number of thiazole rings is 1. The van der Waals surface area contributed by atoms with Gasteiger partial charge in [-0.25, -0.2) is 13.4 Å². The summed E-state index contributed by atoms with van der Waals surface area (Å²) in [5.41, 5.74) is 1.04. The summed E-state index contributed by atoms with van der Waals surface area (Å²) >= 11 is 0.963. The van der Waals surface area contributed by atoms with E-state index in [1.54, 1.807) is 7.11 Å². The van der Waals surface area contributed by atoms with E-state index in [4.69, 9.17) is 4.74 Å². The molecule has 1 aromatic heterocycles. The number of carbonyl (C=O) groups is 1. The van der Waals surface area contributed by atoms with Crippen LogP contribution in [0.25, 0.3) is 0 Å². The van der Waals surface area contributed by atoms with Gasteiger partial charge < -0.3 is 15.0 Å². The number of nitrogens with one attached hydrogen (secondary N) is 1. The maximum absolute atomic E-state index is 12.8. The van der Waals surface area contributed by atoms with Crippen molar-refractivity contribution in [2.24, 2.45) is 0 Å². The van der Waals surface area contributed by atoms with E-state index in [2.05, 4.69) is 15.2 Å². The Morgan fingerprint density at radius 3 is 2.42 bits per heavy atom. The molecule has 0 bridgehead atoms. The lowest BCUT2D eigenvalue weighted by Gasteiger charge is -2.35. The van der Waals surface area contributed by atoms with Crippen LogP contribution in [0.3, 0.4) is 0 Å². The van der Waals surface area contributed by atoms with Gasteiger partial charge in [0.2, 0.25) is 5.91 Å². The first-order chi connectivity index (χ1) is 12.4. The third-order valence-electron chi connectivity index (χ3n) is 4.04. The van der Waals surface area contributed by atoms with Crippen LogP contribution in [0.4, 0.5) is 10.8 Å². The molecule has 0 saturated carbocycles. The third-order valence-corrected chi connectivity index (χ3v) is 7.29. The molecule has 0 spiro atoms. The summed E-state index contributed by atoms with van der Waals surface area (Å²) in [5, 5.41) is 2.79. The Hall–Kier alpha value is -2.17. The monoisotopic (exact) mass is 396 g/mol. The summed E-state index contributed by atoms with van der Waals surface area (Å²) in [4.78, 5) is 17.2. The van der Waals surface area contributed by atoms with Crippen molar-refractivity contribution in [1.82, 2.24) is 9.29 Å². The van der Waals surface area contributed by atoms with Crippen LogP contribution in [0.2, 0.25) is 0 Å². The zero-order chi connectivity index (χ0) is 18.7. The molecule has 0 radical (unpaired) electrons. The Morgan fingerprint density at radius 2 is 1.85 bits per heavy atom. The number of hydrogen-bond acceptors (Lipinski definition) is 7. The van der Waals surface area contributed by atoms with Crippen molar-refractivity contribution in [1.29, 1.82) is 0 Å². The summed E-state index contributed by atoms with van der Waals surface area (Å²) < 4.78 is 32.3. The lowest BCUT2D eigenvalue weighted by Crippen LogP contribution is -2.48. The number of ether oxygens (including phenoxy) is 1. The van der Waals surface area contributed by atoms with Gasteiger partial charge in [-0.2, -0.15) is 4.31 Å². The molecule has 2 heterocycles. The number of carbonyl (C=O) groups excluding carboxylic acids is 1. The minimum Gasteiger partial charge on any atom is -0.497 e. The molecule has 26 heavy (non-hydrogen) atoms. The summed E-state index contributed by atoms with van der Waals surface area (Å²) in [5.74, 6) is 0.506. The predicted octanol–water partition coefficient (Wildman–Crippen LogP) is 1.62. The van der Waals surface area contributed by atoms with Crippen molar-refractivity contribution in [3.63, 3.8) is 0 Å². The zero-order valence-corrected chi connectivity index (χ0v) is 16.1. The van der Waals surface area contributed by atoms with Crippen molar-refractivity contribution in [3.8, 4) is 5.75 Å². The lowest BCUT2D eigenvalue weighted by atomic mass is 10.2. The average Bonchev–Trinajstić information content (AvgIpc) is 3.10. The summed E-state index contributed by atoms with van der Waals surface area (Å²) in [6, 6.07) is 7.70. The topological polar surface area (TPSA) is 91.8 Å². The van der Waals surface area contributed by atoms with Crippen LogP contribution >= 0.6 is 11.3 Å². The molecule has 1 aromatic carbocycles. The van der Waals surface area contributed by atoms with Gasteiger partial charge in [0.05, 0.1) is 13.3 Å². The van der Waals surface area contributed by atoms with Crippen molar-refractivity contribution in [2.45, 2.75) is 11.1 Å². The SMILES string of the molecule is COc1ccc(N2CCN(S(=O)(=O)c3cnc(NC(C)=O)s3)CC2)cc1. The van der Waals surface area contributed by atoms with Gasteiger partial charge in [0.15, 0.2) is 9.34 Å². The second-order valence-electron chi connectivity index (χ2n) is 5.75. The van der Waals surface area contributed by atoms with Gasteiger partial charge in [-0.1, -0.05) is 11.3 Å². The molecule has 1 aliphatic rings. The third kappa shape index (κ3) is 3.97. The molecule has 0 atom stereocenters. The summed E-state index contributed by atoms with van der Waals surface area (Å²) in [6.45, 7) is 3.34. The Morgan fingerprint density at radius 1 is 1.19 bits per heavy atom. The first-order valence-corrected chi connectivity index (χ1v) is 10.3. The van der Waals surface area contributed by atoms with Crippen LogP contribution in [0.1, 0.15) is 6.92 Å². The quantitative estimate of drug-likeness (QED) is 0.826. The molecule has 10 heteroatoms. The maximum Gasteiger partial charge on any atom is 0.254 e. The molecule has 1 fully saturated rings. The van der Waals surface area contributed by atoms with Gasteiger partial charge in [-0.15, -0.1) is 0 Å². The van der Waals surface area contributed by atoms with Crippen LogP contribution in [-0.4, -0.2) is 56.9 Å². The number of methoxy groups -OCH3 is 1. The van der Waals surface area contributed by atoms with Gasteiger partial charge in [-0.3, -0.25) is 4.79 Å². The first kappa shape index (κ1) is 18.6. The smallest absolute Gasteiger partial charge is 0.254 e. The summed E-state index contributed by atoms with van der Waals surface area (Å²) in [7, 11) is -1.98. The average molecular weight is 396 g/mol. The van der Waals surface area contributed by atoms with E-state index in [-0.39, 0.29) is 15.2 Å². The first-order valence-electron chi connectivity index (χ1n) is 8.03. The van der Waals surface area contributed by atoms with Gasteiger partial charge in [0, 0.05) is 38.8 Å². The second kappa shape index (κ2) is 7.60. The number of hydrogen-bond donors (Lipinski definition) is 1. The van der Waals surface area contributed by atoms with Gasteiger partial charge in [0.25, 0.3) is 10.0 Å². The standard InChI is InChI=1S/C16H20N4O4S2/c1-12(21)18-16-17-11-15(25-16)26(22,23)20-9-7-19(8-10-20)13-3-5-14(24-2)6-4-13/h3-6,11H,7-10H2,1-2H3,(H,17,18,21). The van der Waals surface area contributed by atoms with E-state index in [1.165, 1.54) is 17.4 Å². The molecule has 8 nitrogen and oxygen atoms in total. The van der Waals surface area contributed by atoms with E-state index in [1.807, 2.05) is 24.3 Å². The lowest BCUT2D eigenvalue weighted by molar-refractivity contribution is -0.114. The van der Waals surface area contributed by atoms with Crippen LogP contribution in [0, 0.1) is 0 Å². The molecular formula is C16H20N4O4S2. The van der Waals surface area contributed by atoms with Gasteiger partial charge in [0.1, 0.15) is 5.75 Å². The Bertz CT molecular complexity index is 872. The van der Waals surface area contributed by atoms with Crippen LogP contribution in [0.5, 0.6) is 5.75 Å². The van der Waals surface area contributed by atoms with Crippen molar-refractivity contribution < 1.29 is 17.9 Å². The molecule has 3 rings (SSSR count). The molecule has 140 valence electrons. The number of benzene rings is 1. The van der Waals surface area contributed by atoms with Crippen molar-refractivity contribution in [2.75, 3.05) is 43.5 Å². The molecule has 1 amide bonds. The van der Waals surface area contributed by atoms with E-state index < -0.39 is 10.0 Å². The van der Waals surface area contributed by atoms with E-state index in [0.717, 1.165) is 22.8 Å². The Kier molecular flexibility index (Phi) is 5.44. The van der Waals surface area contributed by atoms with Gasteiger partial charge in [-0.05, 0) is 24.3 Å². The fraction of sp³-hybridized carbons (Fsp3) is 0.375. The van der Waals surface area contributed by atoms with Crippen molar-refractivity contribution >= 4 is 38.1 Å². The second-order valence-corrected chi connectivity index (χ2v) is 8.95. The fourth-order valence-corrected chi connectivity index (χ4v) is 5.35. The fourth-order valence-electron chi connectivity index (χ4n) is 2.69. The maximum atomic E-state index is 12.8. The molecule has 1 aliphatic heterocycles. The molecular weight excluding hydrogens is 376 g/mol. The molecule has 1 N–H and O–H groups in total. The highest BCUT2D eigenvalue weighted by Crippen LogP contribution is 2.27. The van der Waals surface area contributed by atoms with E-state index >= 15 is 0 Å². The van der Waals surface area contributed by atoms with Crippen LogP contribution in [0.15, 0.2) is 34.7 Å². The molecule has 0 unspecified atom stereocenters. The number of amides is 1. The highest BCUT2D eigenvalue weighted by Gasteiger charge is 2.30. The Balaban J connectivity index is 1.66. The highest BCUT2D eigenvalue weighted by atomic mass is 32.2. The largest absolute Gasteiger partial charge is 0.497 e. The molecule has 0 aliphatic carbocycles. The van der Waals surface area contributed by atoms with E-state index in [9.17, 15) is 13.2 Å². The number of piperazine rings is 1. The predicted molar refractivity (Wildman–Crippen MR) is 100 cm³/mol.